The zero-order valence-electron chi connectivity index (χ0n) is 13.9. The Kier molecular flexibility index (Phi) is 7.45. The number of thioether (sulfide) groups is 1. The Labute approximate surface area is 161 Å². The van der Waals surface area contributed by atoms with E-state index in [1.54, 1.807) is 18.2 Å². The number of carbonyl (C=O) groups excluding carboxylic acids is 1. The highest BCUT2D eigenvalue weighted by Gasteiger charge is 2.26. The molecular weight excluding hydrogens is 399 g/mol. The Morgan fingerprint density at radius 3 is 2.54 bits per heavy atom. The van der Waals surface area contributed by atoms with Crippen molar-refractivity contribution in [3.8, 4) is 0 Å². The first-order valence-corrected chi connectivity index (χ1v) is 10.9. The molecule has 2 N–H and O–H groups in total. The van der Waals surface area contributed by atoms with Gasteiger partial charge in [-0.05, 0) is 48.8 Å². The van der Waals surface area contributed by atoms with Crippen LogP contribution in [0.4, 0.5) is 10.1 Å². The van der Waals surface area contributed by atoms with Gasteiger partial charge in [0.05, 0.1) is 10.6 Å². The minimum atomic E-state index is -3.88. The molecule has 0 aromatic heterocycles. The third kappa shape index (κ3) is 5.70. The predicted octanol–water partition coefficient (Wildman–Crippen LogP) is 3.52. The zero-order valence-corrected chi connectivity index (χ0v) is 16.3. The van der Waals surface area contributed by atoms with Gasteiger partial charge < -0.3 is 5.32 Å². The van der Waals surface area contributed by atoms with Crippen LogP contribution in [0.3, 0.4) is 0 Å². The quantitative estimate of drug-likeness (QED) is 0.690. The lowest BCUT2D eigenvalue weighted by atomic mass is 10.2. The molecule has 0 aliphatic rings. The molecule has 0 heterocycles. The summed E-state index contributed by atoms with van der Waals surface area (Å²) in [7, 11) is -3.88. The van der Waals surface area contributed by atoms with Crippen molar-refractivity contribution in [3.05, 3.63) is 59.4 Å². The van der Waals surface area contributed by atoms with Gasteiger partial charge in [0.2, 0.25) is 15.9 Å². The van der Waals surface area contributed by atoms with E-state index in [-0.39, 0.29) is 22.0 Å². The summed E-state index contributed by atoms with van der Waals surface area (Å²) in [5.74, 6) is -0.779. The molecule has 5 nitrogen and oxygen atoms in total. The van der Waals surface area contributed by atoms with Crippen molar-refractivity contribution in [2.75, 3.05) is 17.3 Å². The van der Waals surface area contributed by atoms with Crippen LogP contribution in [-0.4, -0.2) is 32.4 Å². The summed E-state index contributed by atoms with van der Waals surface area (Å²) < 4.78 is 41.3. The maximum absolute atomic E-state index is 13.9. The number of benzene rings is 2. The van der Waals surface area contributed by atoms with Gasteiger partial charge >= 0.3 is 0 Å². The van der Waals surface area contributed by atoms with Crippen molar-refractivity contribution in [1.82, 2.24) is 4.72 Å². The van der Waals surface area contributed by atoms with Crippen molar-refractivity contribution in [2.24, 2.45) is 0 Å². The van der Waals surface area contributed by atoms with E-state index in [4.69, 9.17) is 11.6 Å². The molecule has 1 amide bonds. The number of anilines is 1. The number of hydrogen-bond donors (Lipinski definition) is 2. The van der Waals surface area contributed by atoms with Crippen LogP contribution in [0, 0.1) is 5.82 Å². The van der Waals surface area contributed by atoms with E-state index in [0.717, 1.165) is 6.07 Å². The number of carbonyl (C=O) groups is 1. The SMILES string of the molecule is CSCC[C@H](NS(=O)(=O)c1ccccc1)C(=O)Nc1ccc(Cl)cc1F. The lowest BCUT2D eigenvalue weighted by Crippen LogP contribution is -2.44. The van der Waals surface area contributed by atoms with Crippen LogP contribution in [0.2, 0.25) is 5.02 Å². The third-order valence-electron chi connectivity index (χ3n) is 3.47. The van der Waals surface area contributed by atoms with Crippen LogP contribution in [0.15, 0.2) is 53.4 Å². The number of sulfonamides is 1. The first kappa shape index (κ1) is 20.7. The molecule has 26 heavy (non-hydrogen) atoms. The van der Waals surface area contributed by atoms with E-state index in [0.29, 0.717) is 5.75 Å². The molecule has 2 aromatic carbocycles. The predicted molar refractivity (Wildman–Crippen MR) is 104 cm³/mol. The fourth-order valence-corrected chi connectivity index (χ4v) is 4.03. The molecule has 0 radical (unpaired) electrons. The summed E-state index contributed by atoms with van der Waals surface area (Å²) in [5, 5.41) is 2.61. The van der Waals surface area contributed by atoms with Gasteiger partial charge in [0.25, 0.3) is 0 Å². The first-order chi connectivity index (χ1) is 12.3. The van der Waals surface area contributed by atoms with E-state index in [9.17, 15) is 17.6 Å². The molecule has 9 heteroatoms. The van der Waals surface area contributed by atoms with Gasteiger partial charge in [0.1, 0.15) is 11.9 Å². The molecule has 0 unspecified atom stereocenters. The Balaban J connectivity index is 2.19. The monoisotopic (exact) mass is 416 g/mol. The van der Waals surface area contributed by atoms with Gasteiger partial charge in [-0.1, -0.05) is 29.8 Å². The number of hydrogen-bond acceptors (Lipinski definition) is 4. The lowest BCUT2D eigenvalue weighted by Gasteiger charge is -2.18. The molecule has 1 atom stereocenters. The van der Waals surface area contributed by atoms with Crippen LogP contribution in [0.5, 0.6) is 0 Å². The average Bonchev–Trinajstić information content (AvgIpc) is 2.61. The zero-order chi connectivity index (χ0) is 19.2. The minimum absolute atomic E-state index is 0.0552. The molecule has 0 saturated carbocycles. The van der Waals surface area contributed by atoms with Crippen molar-refractivity contribution in [2.45, 2.75) is 17.4 Å². The molecule has 0 aliphatic carbocycles. The van der Waals surface area contributed by atoms with E-state index in [1.165, 1.54) is 36.0 Å². The van der Waals surface area contributed by atoms with Gasteiger partial charge in [-0.2, -0.15) is 16.5 Å². The van der Waals surface area contributed by atoms with Crippen LogP contribution in [0.1, 0.15) is 6.42 Å². The second-order valence-corrected chi connectivity index (χ2v) is 8.52. The Hall–Kier alpha value is -1.61. The van der Waals surface area contributed by atoms with Gasteiger partial charge in [-0.3, -0.25) is 4.79 Å². The topological polar surface area (TPSA) is 75.3 Å². The number of nitrogens with one attached hydrogen (secondary N) is 2. The van der Waals surface area contributed by atoms with Gasteiger partial charge in [0.15, 0.2) is 0 Å². The lowest BCUT2D eigenvalue weighted by molar-refractivity contribution is -0.117. The maximum Gasteiger partial charge on any atom is 0.242 e. The molecule has 2 rings (SSSR count). The Bertz CT molecular complexity index is 864. The summed E-state index contributed by atoms with van der Waals surface area (Å²) in [6.07, 6.45) is 2.10. The second-order valence-electron chi connectivity index (χ2n) is 5.38. The molecule has 0 spiro atoms. The largest absolute Gasteiger partial charge is 0.322 e. The van der Waals surface area contributed by atoms with Crippen molar-refractivity contribution in [1.29, 1.82) is 0 Å². The second kappa shape index (κ2) is 9.36. The highest BCUT2D eigenvalue weighted by molar-refractivity contribution is 7.98. The summed E-state index contributed by atoms with van der Waals surface area (Å²) in [6, 6.07) is 10.5. The Morgan fingerprint density at radius 2 is 1.92 bits per heavy atom. The Morgan fingerprint density at radius 1 is 1.23 bits per heavy atom. The molecule has 0 fully saturated rings. The third-order valence-corrected chi connectivity index (χ3v) is 5.83. The highest BCUT2D eigenvalue weighted by Crippen LogP contribution is 2.20. The van der Waals surface area contributed by atoms with E-state index in [1.807, 2.05) is 6.26 Å². The van der Waals surface area contributed by atoms with Crippen molar-refractivity contribution < 1.29 is 17.6 Å². The molecule has 0 bridgehead atoms. The smallest absolute Gasteiger partial charge is 0.242 e. The van der Waals surface area contributed by atoms with Gasteiger partial charge in [-0.15, -0.1) is 0 Å². The van der Waals surface area contributed by atoms with E-state index < -0.39 is 27.8 Å². The van der Waals surface area contributed by atoms with Gasteiger partial charge in [-0.25, -0.2) is 12.8 Å². The highest BCUT2D eigenvalue weighted by atomic mass is 35.5. The van der Waals surface area contributed by atoms with Gasteiger partial charge in [0, 0.05) is 5.02 Å². The normalized spacial score (nSPS) is 12.6. The van der Waals surface area contributed by atoms with Crippen LogP contribution in [0.25, 0.3) is 0 Å². The number of halogens is 2. The van der Waals surface area contributed by atoms with E-state index in [2.05, 4.69) is 10.0 Å². The summed E-state index contributed by atoms with van der Waals surface area (Å²) >= 11 is 7.17. The fourth-order valence-electron chi connectivity index (χ4n) is 2.14. The minimum Gasteiger partial charge on any atom is -0.322 e. The van der Waals surface area contributed by atoms with Crippen LogP contribution >= 0.6 is 23.4 Å². The van der Waals surface area contributed by atoms with Crippen molar-refractivity contribution >= 4 is 45.0 Å². The number of amides is 1. The van der Waals surface area contributed by atoms with E-state index >= 15 is 0 Å². The first-order valence-electron chi connectivity index (χ1n) is 7.65. The summed E-state index contributed by atoms with van der Waals surface area (Å²) in [6.45, 7) is 0. The molecule has 0 saturated heterocycles. The van der Waals surface area contributed by atoms with Crippen molar-refractivity contribution in [3.63, 3.8) is 0 Å². The van der Waals surface area contributed by atoms with Crippen LogP contribution < -0.4 is 10.0 Å². The summed E-state index contributed by atoms with van der Waals surface area (Å²) in [4.78, 5) is 12.6. The molecular formula is C17H18ClFN2O3S2. The fraction of sp³-hybridized carbons (Fsp3) is 0.235. The molecule has 0 aliphatic heterocycles. The molecule has 140 valence electrons. The maximum atomic E-state index is 13.9. The summed E-state index contributed by atoms with van der Waals surface area (Å²) in [5.41, 5.74) is -0.0625. The standard InChI is InChI=1S/C17H18ClFN2O3S2/c1-25-10-9-16(21-26(23,24)13-5-3-2-4-6-13)17(22)20-15-8-7-12(18)11-14(15)19/h2-8,11,16,21H,9-10H2,1H3,(H,20,22)/t16-/m0/s1. The van der Waals surface area contributed by atoms with Crippen LogP contribution in [-0.2, 0) is 14.8 Å². The molecule has 2 aromatic rings. The average molecular weight is 417 g/mol. The number of rotatable bonds is 8.